The Labute approximate surface area is 123 Å². The molecule has 1 saturated heterocycles. The van der Waals surface area contributed by atoms with Crippen LogP contribution in [0.1, 0.15) is 24.5 Å². The summed E-state index contributed by atoms with van der Waals surface area (Å²) >= 11 is 0. The highest BCUT2D eigenvalue weighted by Crippen LogP contribution is 2.40. The highest BCUT2D eigenvalue weighted by Gasteiger charge is 2.40. The van der Waals surface area contributed by atoms with Crippen LogP contribution in [0.4, 0.5) is 0 Å². The van der Waals surface area contributed by atoms with Gasteiger partial charge >= 0.3 is 5.97 Å². The molecule has 2 aliphatic rings. The van der Waals surface area contributed by atoms with Crippen LogP contribution in [0, 0.1) is 11.8 Å². The van der Waals surface area contributed by atoms with Crippen molar-refractivity contribution in [2.24, 2.45) is 11.8 Å². The van der Waals surface area contributed by atoms with Gasteiger partial charge in [-0.15, -0.1) is 0 Å². The van der Waals surface area contributed by atoms with Crippen LogP contribution in [0.3, 0.4) is 0 Å². The van der Waals surface area contributed by atoms with Crippen LogP contribution in [0.15, 0.2) is 24.3 Å². The number of methoxy groups -OCH3 is 1. The van der Waals surface area contributed by atoms with E-state index in [9.17, 15) is 9.90 Å². The lowest BCUT2D eigenvalue weighted by atomic mass is 10.0. The molecule has 2 fully saturated rings. The quantitative estimate of drug-likeness (QED) is 0.902. The zero-order chi connectivity index (χ0) is 14.8. The molecule has 1 aromatic carbocycles. The number of hydrogen-bond acceptors (Lipinski definition) is 4. The molecule has 114 valence electrons. The van der Waals surface area contributed by atoms with Gasteiger partial charge in [-0.1, -0.05) is 18.2 Å². The average molecular weight is 292 g/mol. The van der Waals surface area contributed by atoms with E-state index in [4.69, 9.17) is 14.2 Å². The van der Waals surface area contributed by atoms with E-state index in [1.165, 1.54) is 7.11 Å². The van der Waals surface area contributed by atoms with Crippen LogP contribution in [-0.2, 0) is 14.3 Å². The number of aliphatic carboxylic acids is 1. The van der Waals surface area contributed by atoms with Gasteiger partial charge in [-0.2, -0.15) is 0 Å². The van der Waals surface area contributed by atoms with Gasteiger partial charge in [0.15, 0.2) is 6.10 Å². The maximum absolute atomic E-state index is 11.6. The molecule has 5 heteroatoms. The normalized spacial score (nSPS) is 29.1. The van der Waals surface area contributed by atoms with E-state index in [-0.39, 0.29) is 6.10 Å². The molecule has 5 nitrogen and oxygen atoms in total. The van der Waals surface area contributed by atoms with Crippen LogP contribution in [0.25, 0.3) is 0 Å². The molecular formula is C16H20O5. The van der Waals surface area contributed by atoms with E-state index in [0.29, 0.717) is 23.1 Å². The molecule has 0 radical (unpaired) electrons. The minimum atomic E-state index is -0.981. The summed E-state index contributed by atoms with van der Waals surface area (Å²) in [6.45, 7) is 1.55. The van der Waals surface area contributed by atoms with E-state index in [0.717, 1.165) is 26.1 Å². The van der Waals surface area contributed by atoms with Crippen LogP contribution >= 0.6 is 0 Å². The Balaban J connectivity index is 1.75. The number of rotatable bonds is 5. The Morgan fingerprint density at radius 2 is 1.95 bits per heavy atom. The second-order valence-corrected chi connectivity index (χ2v) is 5.75. The van der Waals surface area contributed by atoms with Gasteiger partial charge in [0.05, 0.1) is 13.2 Å². The summed E-state index contributed by atoms with van der Waals surface area (Å²) in [6.07, 6.45) is 0.758. The standard InChI is InChI=1S/C16H20O5/c1-19-14-5-3-2-4-13(14)15(16(17)18)21-12-6-10-8-20-9-11(10)7-12/h2-5,10-12,15H,6-9H2,1H3,(H,17,18)/t10?,11?,12?,15-/m0/s1. The molecule has 1 heterocycles. The molecule has 0 bridgehead atoms. The third-order valence-corrected chi connectivity index (χ3v) is 4.44. The van der Waals surface area contributed by atoms with Crippen LogP contribution in [0.5, 0.6) is 5.75 Å². The van der Waals surface area contributed by atoms with Crippen LogP contribution < -0.4 is 4.74 Å². The Morgan fingerprint density at radius 3 is 2.57 bits per heavy atom. The van der Waals surface area contributed by atoms with Crippen molar-refractivity contribution in [1.29, 1.82) is 0 Å². The topological polar surface area (TPSA) is 65.0 Å². The van der Waals surface area contributed by atoms with Gasteiger partial charge in [0.1, 0.15) is 5.75 Å². The first-order valence-electron chi connectivity index (χ1n) is 7.28. The molecule has 21 heavy (non-hydrogen) atoms. The molecule has 1 aromatic rings. The van der Waals surface area contributed by atoms with Crippen molar-refractivity contribution >= 4 is 5.97 Å². The van der Waals surface area contributed by atoms with Gasteiger partial charge in [0.25, 0.3) is 0 Å². The highest BCUT2D eigenvalue weighted by atomic mass is 16.5. The number of fused-ring (bicyclic) bond motifs is 1. The molecule has 3 atom stereocenters. The lowest BCUT2D eigenvalue weighted by molar-refractivity contribution is -0.155. The molecular weight excluding hydrogens is 272 g/mol. The van der Waals surface area contributed by atoms with Gasteiger partial charge in [0, 0.05) is 18.8 Å². The maximum atomic E-state index is 11.6. The van der Waals surface area contributed by atoms with E-state index in [2.05, 4.69) is 0 Å². The third-order valence-electron chi connectivity index (χ3n) is 4.44. The minimum absolute atomic E-state index is 0.0186. The van der Waals surface area contributed by atoms with Crippen molar-refractivity contribution in [2.45, 2.75) is 25.0 Å². The van der Waals surface area contributed by atoms with Crippen molar-refractivity contribution in [3.8, 4) is 5.75 Å². The van der Waals surface area contributed by atoms with Crippen LogP contribution in [-0.4, -0.2) is 37.5 Å². The minimum Gasteiger partial charge on any atom is -0.496 e. The van der Waals surface area contributed by atoms with Crippen molar-refractivity contribution < 1.29 is 24.1 Å². The largest absolute Gasteiger partial charge is 0.496 e. The number of ether oxygens (including phenoxy) is 3. The molecule has 1 N–H and O–H groups in total. The molecule has 2 unspecified atom stereocenters. The molecule has 1 aliphatic carbocycles. The first-order valence-corrected chi connectivity index (χ1v) is 7.28. The number of para-hydroxylation sites is 1. The Hall–Kier alpha value is -1.59. The third kappa shape index (κ3) is 2.89. The molecule has 0 aromatic heterocycles. The van der Waals surface area contributed by atoms with Gasteiger partial charge < -0.3 is 19.3 Å². The van der Waals surface area contributed by atoms with E-state index >= 15 is 0 Å². The maximum Gasteiger partial charge on any atom is 0.337 e. The number of carboxylic acids is 1. The predicted octanol–water partition coefficient (Wildman–Crippen LogP) is 2.26. The van der Waals surface area contributed by atoms with Gasteiger partial charge in [-0.3, -0.25) is 0 Å². The summed E-state index contributed by atoms with van der Waals surface area (Å²) < 4.78 is 16.6. The number of benzene rings is 1. The summed E-state index contributed by atoms with van der Waals surface area (Å²) in [4.78, 5) is 11.6. The van der Waals surface area contributed by atoms with E-state index in [1.807, 2.05) is 6.07 Å². The first-order chi connectivity index (χ1) is 10.2. The van der Waals surface area contributed by atoms with Crippen molar-refractivity contribution in [2.75, 3.05) is 20.3 Å². The van der Waals surface area contributed by atoms with Gasteiger partial charge in [-0.25, -0.2) is 4.79 Å². The zero-order valence-corrected chi connectivity index (χ0v) is 12.0. The average Bonchev–Trinajstić information content (AvgIpc) is 3.05. The molecule has 0 spiro atoms. The molecule has 1 saturated carbocycles. The summed E-state index contributed by atoms with van der Waals surface area (Å²) in [5, 5.41) is 9.50. The fourth-order valence-corrected chi connectivity index (χ4v) is 3.39. The Kier molecular flexibility index (Phi) is 4.12. The summed E-state index contributed by atoms with van der Waals surface area (Å²) in [5.41, 5.74) is 0.570. The highest BCUT2D eigenvalue weighted by molar-refractivity contribution is 5.75. The molecule has 1 aliphatic heterocycles. The predicted molar refractivity (Wildman–Crippen MR) is 75.3 cm³/mol. The van der Waals surface area contributed by atoms with Gasteiger partial charge in [-0.05, 0) is 30.7 Å². The lowest BCUT2D eigenvalue weighted by Crippen LogP contribution is -2.22. The number of hydrogen-bond donors (Lipinski definition) is 1. The Bertz CT molecular complexity index is 503. The van der Waals surface area contributed by atoms with Crippen molar-refractivity contribution in [1.82, 2.24) is 0 Å². The smallest absolute Gasteiger partial charge is 0.337 e. The Morgan fingerprint density at radius 1 is 1.29 bits per heavy atom. The zero-order valence-electron chi connectivity index (χ0n) is 12.0. The summed E-state index contributed by atoms with van der Waals surface area (Å²) in [7, 11) is 1.54. The van der Waals surface area contributed by atoms with Crippen molar-refractivity contribution in [3.05, 3.63) is 29.8 Å². The second-order valence-electron chi connectivity index (χ2n) is 5.75. The fourth-order valence-electron chi connectivity index (χ4n) is 3.39. The lowest BCUT2D eigenvalue weighted by Gasteiger charge is -2.21. The van der Waals surface area contributed by atoms with Crippen molar-refractivity contribution in [3.63, 3.8) is 0 Å². The van der Waals surface area contributed by atoms with E-state index in [1.54, 1.807) is 18.2 Å². The fraction of sp³-hybridized carbons (Fsp3) is 0.562. The van der Waals surface area contributed by atoms with Crippen LogP contribution in [0.2, 0.25) is 0 Å². The first kappa shape index (κ1) is 14.4. The number of carbonyl (C=O) groups is 1. The SMILES string of the molecule is COc1ccccc1[C@H](OC1CC2COCC2C1)C(=O)O. The number of carboxylic acid groups (broad SMARTS) is 1. The summed E-state index contributed by atoms with van der Waals surface area (Å²) in [6, 6.07) is 7.12. The molecule has 3 rings (SSSR count). The molecule has 0 amide bonds. The van der Waals surface area contributed by atoms with Gasteiger partial charge in [0.2, 0.25) is 0 Å². The van der Waals surface area contributed by atoms with E-state index < -0.39 is 12.1 Å². The summed E-state index contributed by atoms with van der Waals surface area (Å²) in [5.74, 6) is 0.600. The second kappa shape index (κ2) is 6.03. The monoisotopic (exact) mass is 292 g/mol.